The van der Waals surface area contributed by atoms with Gasteiger partial charge in [-0.2, -0.15) is 8.78 Å². The van der Waals surface area contributed by atoms with Crippen LogP contribution in [0.2, 0.25) is 0 Å². The van der Waals surface area contributed by atoms with Gasteiger partial charge in [0.2, 0.25) is 0 Å². The second-order valence-corrected chi connectivity index (χ2v) is 7.07. The number of ether oxygens (including phenoxy) is 3. The molecule has 0 atom stereocenters. The van der Waals surface area contributed by atoms with Gasteiger partial charge < -0.3 is 19.3 Å². The van der Waals surface area contributed by atoms with Crippen LogP contribution in [0.25, 0.3) is 0 Å². The molecule has 2 aromatic carbocycles. The number of rotatable bonds is 12. The standard InChI is InChI=1S/C24H28F2O5/c1-4-5-18-6-8-20(9-7-18)24(25,26)31-21-10-11-22(29-15-13-27)19(16-21)12-14-30-23(28)17(2)3/h6-11,16,27H,2,4-5,12-15H2,1,3H3. The van der Waals surface area contributed by atoms with Crippen molar-refractivity contribution in [1.29, 1.82) is 0 Å². The topological polar surface area (TPSA) is 65.0 Å². The van der Waals surface area contributed by atoms with Gasteiger partial charge in [-0.3, -0.25) is 0 Å². The number of benzene rings is 2. The zero-order valence-electron chi connectivity index (χ0n) is 17.8. The Labute approximate surface area is 181 Å². The second kappa shape index (κ2) is 11.5. The van der Waals surface area contributed by atoms with Crippen LogP contribution in [-0.2, 0) is 28.5 Å². The van der Waals surface area contributed by atoms with Crippen LogP contribution in [0.1, 0.15) is 37.0 Å². The number of halogens is 2. The van der Waals surface area contributed by atoms with Gasteiger partial charge in [0.05, 0.1) is 18.8 Å². The first-order valence-corrected chi connectivity index (χ1v) is 10.1. The van der Waals surface area contributed by atoms with Crippen molar-refractivity contribution in [3.63, 3.8) is 0 Å². The van der Waals surface area contributed by atoms with E-state index in [-0.39, 0.29) is 43.1 Å². The highest BCUT2D eigenvalue weighted by molar-refractivity contribution is 5.86. The number of hydrogen-bond acceptors (Lipinski definition) is 5. The van der Waals surface area contributed by atoms with Gasteiger partial charge in [0.25, 0.3) is 0 Å². The molecular formula is C24H28F2O5. The van der Waals surface area contributed by atoms with Gasteiger partial charge >= 0.3 is 12.1 Å². The van der Waals surface area contributed by atoms with Crippen LogP contribution in [0.3, 0.4) is 0 Å². The van der Waals surface area contributed by atoms with Gasteiger partial charge in [0.1, 0.15) is 18.1 Å². The van der Waals surface area contributed by atoms with Crippen molar-refractivity contribution in [2.45, 2.75) is 39.2 Å². The number of aliphatic hydroxyl groups excluding tert-OH is 1. The lowest BCUT2D eigenvalue weighted by atomic mass is 10.1. The third kappa shape index (κ3) is 7.36. The molecule has 0 bridgehead atoms. The minimum Gasteiger partial charge on any atom is -0.491 e. The third-order valence-corrected chi connectivity index (χ3v) is 4.41. The summed E-state index contributed by atoms with van der Waals surface area (Å²) in [6.07, 6.45) is -1.56. The third-order valence-electron chi connectivity index (χ3n) is 4.41. The monoisotopic (exact) mass is 434 g/mol. The average molecular weight is 434 g/mol. The average Bonchev–Trinajstić information content (AvgIpc) is 2.73. The molecule has 0 aliphatic carbocycles. The van der Waals surface area contributed by atoms with Crippen molar-refractivity contribution in [3.05, 3.63) is 71.3 Å². The Morgan fingerprint density at radius 2 is 1.81 bits per heavy atom. The quantitative estimate of drug-likeness (QED) is 0.384. The SMILES string of the molecule is C=C(C)C(=O)OCCc1cc(OC(F)(F)c2ccc(CCC)cc2)ccc1OCCO. The number of alkyl halides is 2. The van der Waals surface area contributed by atoms with Crippen LogP contribution >= 0.6 is 0 Å². The molecule has 0 saturated carbocycles. The molecule has 0 radical (unpaired) electrons. The van der Waals surface area contributed by atoms with E-state index >= 15 is 0 Å². The first-order chi connectivity index (χ1) is 14.8. The van der Waals surface area contributed by atoms with Crippen molar-refractivity contribution in [2.24, 2.45) is 0 Å². The van der Waals surface area contributed by atoms with Crippen LogP contribution in [0.15, 0.2) is 54.6 Å². The van der Waals surface area contributed by atoms with Gasteiger partial charge in [-0.05, 0) is 49.2 Å². The molecule has 0 aliphatic rings. The highest BCUT2D eigenvalue weighted by Gasteiger charge is 2.34. The Bertz CT molecular complexity index is 878. The summed E-state index contributed by atoms with van der Waals surface area (Å²) in [5, 5.41) is 8.99. The molecule has 0 spiro atoms. The van der Waals surface area contributed by atoms with Crippen LogP contribution in [0, 0.1) is 0 Å². The molecule has 7 heteroatoms. The fourth-order valence-electron chi connectivity index (χ4n) is 2.85. The zero-order valence-corrected chi connectivity index (χ0v) is 17.8. The molecule has 0 aliphatic heterocycles. The molecule has 0 amide bonds. The summed E-state index contributed by atoms with van der Waals surface area (Å²) in [6.45, 7) is 6.92. The largest absolute Gasteiger partial charge is 0.491 e. The van der Waals surface area contributed by atoms with E-state index in [4.69, 9.17) is 19.3 Å². The van der Waals surface area contributed by atoms with E-state index in [9.17, 15) is 13.6 Å². The lowest BCUT2D eigenvalue weighted by molar-refractivity contribution is -0.185. The molecular weight excluding hydrogens is 406 g/mol. The van der Waals surface area contributed by atoms with Crippen molar-refractivity contribution < 1.29 is 32.9 Å². The van der Waals surface area contributed by atoms with Crippen molar-refractivity contribution >= 4 is 5.97 Å². The Morgan fingerprint density at radius 1 is 1.10 bits per heavy atom. The molecule has 2 aromatic rings. The van der Waals surface area contributed by atoms with Gasteiger partial charge in [0, 0.05) is 17.6 Å². The van der Waals surface area contributed by atoms with E-state index in [1.807, 2.05) is 6.92 Å². The zero-order chi connectivity index (χ0) is 22.9. The molecule has 5 nitrogen and oxygen atoms in total. The number of hydrogen-bond donors (Lipinski definition) is 1. The van der Waals surface area contributed by atoms with E-state index in [1.165, 1.54) is 37.3 Å². The van der Waals surface area contributed by atoms with Crippen LogP contribution < -0.4 is 9.47 Å². The van der Waals surface area contributed by atoms with E-state index in [0.29, 0.717) is 11.3 Å². The van der Waals surface area contributed by atoms with Gasteiger partial charge in [-0.25, -0.2) is 4.79 Å². The molecule has 0 fully saturated rings. The van der Waals surface area contributed by atoms with Gasteiger partial charge in [-0.1, -0.05) is 32.1 Å². The number of esters is 1. The molecule has 168 valence electrons. The Kier molecular flexibility index (Phi) is 9.00. The highest BCUT2D eigenvalue weighted by atomic mass is 19.3. The molecule has 2 rings (SSSR count). The second-order valence-electron chi connectivity index (χ2n) is 7.07. The van der Waals surface area contributed by atoms with Crippen LogP contribution in [0.5, 0.6) is 11.5 Å². The number of carbonyl (C=O) groups excluding carboxylic acids is 1. The van der Waals surface area contributed by atoms with Crippen LogP contribution in [-0.4, -0.2) is 30.9 Å². The number of aryl methyl sites for hydroxylation is 1. The molecule has 0 heterocycles. The summed E-state index contributed by atoms with van der Waals surface area (Å²) < 4.78 is 44.9. The van der Waals surface area contributed by atoms with Gasteiger partial charge in [-0.15, -0.1) is 0 Å². The molecule has 0 unspecified atom stereocenters. The number of aliphatic hydroxyl groups is 1. The fraction of sp³-hybridized carbons (Fsp3) is 0.375. The molecule has 0 aromatic heterocycles. The maximum absolute atomic E-state index is 14.7. The lowest BCUT2D eigenvalue weighted by Gasteiger charge is -2.20. The predicted molar refractivity (Wildman–Crippen MR) is 113 cm³/mol. The Hall–Kier alpha value is -2.93. The first kappa shape index (κ1) is 24.3. The summed E-state index contributed by atoms with van der Waals surface area (Å²) in [5.74, 6) is -0.205. The highest BCUT2D eigenvalue weighted by Crippen LogP contribution is 2.34. The molecule has 1 N–H and O–H groups in total. The van der Waals surface area contributed by atoms with Crippen molar-refractivity contribution in [3.8, 4) is 11.5 Å². The van der Waals surface area contributed by atoms with E-state index in [2.05, 4.69) is 6.58 Å². The summed E-state index contributed by atoms with van der Waals surface area (Å²) in [7, 11) is 0. The van der Waals surface area contributed by atoms with E-state index in [1.54, 1.807) is 12.1 Å². The smallest absolute Gasteiger partial charge is 0.426 e. The summed E-state index contributed by atoms with van der Waals surface area (Å²) in [5.41, 5.74) is 1.51. The van der Waals surface area contributed by atoms with Crippen LogP contribution in [0.4, 0.5) is 8.78 Å². The minimum atomic E-state index is -3.53. The first-order valence-electron chi connectivity index (χ1n) is 10.1. The summed E-state index contributed by atoms with van der Waals surface area (Å²) in [6, 6.07) is 10.3. The van der Waals surface area contributed by atoms with Crippen molar-refractivity contribution in [1.82, 2.24) is 0 Å². The fourth-order valence-corrected chi connectivity index (χ4v) is 2.85. The maximum Gasteiger partial charge on any atom is 0.426 e. The number of carbonyl (C=O) groups is 1. The molecule has 0 saturated heterocycles. The van der Waals surface area contributed by atoms with E-state index < -0.39 is 12.1 Å². The van der Waals surface area contributed by atoms with Crippen molar-refractivity contribution in [2.75, 3.05) is 19.8 Å². The minimum absolute atomic E-state index is 0.0138. The Balaban J connectivity index is 2.16. The summed E-state index contributed by atoms with van der Waals surface area (Å²) >= 11 is 0. The molecule has 31 heavy (non-hydrogen) atoms. The predicted octanol–water partition coefficient (Wildman–Crippen LogP) is 4.80. The Morgan fingerprint density at radius 3 is 2.42 bits per heavy atom. The maximum atomic E-state index is 14.7. The normalized spacial score (nSPS) is 11.1. The van der Waals surface area contributed by atoms with E-state index in [0.717, 1.165) is 18.4 Å². The van der Waals surface area contributed by atoms with Gasteiger partial charge in [0.15, 0.2) is 0 Å². The summed E-state index contributed by atoms with van der Waals surface area (Å²) in [4.78, 5) is 11.6. The lowest BCUT2D eigenvalue weighted by Crippen LogP contribution is -2.22.